The third kappa shape index (κ3) is 7.31. The molecule has 0 saturated heterocycles. The highest BCUT2D eigenvalue weighted by Crippen LogP contribution is 2.22. The Labute approximate surface area is 117 Å². The van der Waals surface area contributed by atoms with E-state index in [1.54, 1.807) is 0 Å². The van der Waals surface area contributed by atoms with Gasteiger partial charge in [0.1, 0.15) is 5.72 Å². The third-order valence-electron chi connectivity index (χ3n) is 2.76. The first-order valence-corrected chi connectivity index (χ1v) is 6.82. The predicted molar refractivity (Wildman–Crippen MR) is 78.7 cm³/mol. The van der Waals surface area contributed by atoms with Crippen molar-refractivity contribution in [2.24, 2.45) is 5.73 Å². The van der Waals surface area contributed by atoms with Gasteiger partial charge in [-0.3, -0.25) is 0 Å². The molecule has 1 aromatic carbocycles. The van der Waals surface area contributed by atoms with Gasteiger partial charge in [-0.2, -0.15) is 0 Å². The fraction of sp³-hybridized carbons (Fsp3) is 0.625. The summed E-state index contributed by atoms with van der Waals surface area (Å²) in [7, 11) is 0. The molecule has 1 unspecified atom stereocenters. The Hall–Kier alpha value is -0.900. The molecule has 0 aliphatic carbocycles. The Balaban J connectivity index is 2.43. The minimum absolute atomic E-state index is 0.0609. The Kier molecular flexibility index (Phi) is 5.53. The van der Waals surface area contributed by atoms with Gasteiger partial charge in [0.05, 0.1) is 18.3 Å². The zero-order chi connectivity index (χ0) is 14.5. The van der Waals surface area contributed by atoms with E-state index in [1.165, 1.54) is 5.56 Å². The third-order valence-corrected chi connectivity index (χ3v) is 2.76. The molecule has 0 spiro atoms. The van der Waals surface area contributed by atoms with Gasteiger partial charge in [-0.1, -0.05) is 30.3 Å². The van der Waals surface area contributed by atoms with Crippen molar-refractivity contribution in [2.75, 3.05) is 0 Å². The summed E-state index contributed by atoms with van der Waals surface area (Å²) in [4.78, 5) is 0. The quantitative estimate of drug-likeness (QED) is 0.768. The summed E-state index contributed by atoms with van der Waals surface area (Å²) >= 11 is 0. The van der Waals surface area contributed by atoms with E-state index in [1.807, 2.05) is 39.0 Å². The van der Waals surface area contributed by atoms with Gasteiger partial charge in [-0.15, -0.1) is 0 Å². The van der Waals surface area contributed by atoms with E-state index >= 15 is 0 Å². The van der Waals surface area contributed by atoms with E-state index in [9.17, 15) is 0 Å². The molecule has 3 heteroatoms. The Morgan fingerprint density at radius 2 is 1.68 bits per heavy atom. The van der Waals surface area contributed by atoms with E-state index in [0.717, 1.165) is 6.42 Å². The topological polar surface area (TPSA) is 44.5 Å². The van der Waals surface area contributed by atoms with Gasteiger partial charge in [-0.05, 0) is 40.2 Å². The van der Waals surface area contributed by atoms with Gasteiger partial charge in [0.2, 0.25) is 0 Å². The molecular formula is C16H27NO2. The maximum Gasteiger partial charge on any atom is 0.111 e. The molecule has 108 valence electrons. The molecule has 19 heavy (non-hydrogen) atoms. The van der Waals surface area contributed by atoms with Crippen LogP contribution in [0.1, 0.15) is 46.6 Å². The normalized spacial score (nSPS) is 14.4. The summed E-state index contributed by atoms with van der Waals surface area (Å²) < 4.78 is 11.7. The largest absolute Gasteiger partial charge is 0.371 e. The summed E-state index contributed by atoms with van der Waals surface area (Å²) in [5.41, 5.74) is 6.20. The van der Waals surface area contributed by atoms with E-state index in [4.69, 9.17) is 15.2 Å². The number of hydrogen-bond acceptors (Lipinski definition) is 3. The highest BCUT2D eigenvalue weighted by molar-refractivity contribution is 5.13. The lowest BCUT2D eigenvalue weighted by Gasteiger charge is -2.32. The predicted octanol–water partition coefficient (Wildman–Crippen LogP) is 3.47. The van der Waals surface area contributed by atoms with Crippen molar-refractivity contribution in [3.05, 3.63) is 35.9 Å². The van der Waals surface area contributed by atoms with Crippen LogP contribution in [0.3, 0.4) is 0 Å². The van der Waals surface area contributed by atoms with Crippen molar-refractivity contribution in [1.82, 2.24) is 0 Å². The molecule has 0 aliphatic rings. The molecule has 0 fully saturated rings. The molecular weight excluding hydrogens is 238 g/mol. The lowest BCUT2D eigenvalue weighted by atomic mass is 10.0. The molecule has 0 bridgehead atoms. The van der Waals surface area contributed by atoms with Crippen LogP contribution in [-0.2, 0) is 16.1 Å². The van der Waals surface area contributed by atoms with Crippen LogP contribution < -0.4 is 5.73 Å². The Bertz CT molecular complexity index is 368. The molecule has 0 aromatic heterocycles. The van der Waals surface area contributed by atoms with Gasteiger partial charge >= 0.3 is 0 Å². The maximum absolute atomic E-state index is 5.98. The summed E-state index contributed by atoms with van der Waals surface area (Å²) in [5, 5.41) is 0. The van der Waals surface area contributed by atoms with Crippen molar-refractivity contribution >= 4 is 0 Å². The molecule has 0 heterocycles. The summed E-state index contributed by atoms with van der Waals surface area (Å²) in [6, 6.07) is 10.2. The second-order valence-electron chi connectivity index (χ2n) is 6.27. The van der Waals surface area contributed by atoms with Crippen molar-refractivity contribution in [1.29, 1.82) is 0 Å². The Morgan fingerprint density at radius 3 is 2.21 bits per heavy atom. The molecule has 0 saturated carbocycles. The molecule has 0 aliphatic heterocycles. The maximum atomic E-state index is 5.98. The first-order chi connectivity index (χ1) is 8.68. The Morgan fingerprint density at radius 1 is 1.11 bits per heavy atom. The van der Waals surface area contributed by atoms with Crippen LogP contribution in [0.25, 0.3) is 0 Å². The van der Waals surface area contributed by atoms with Crippen LogP contribution in [0.5, 0.6) is 0 Å². The fourth-order valence-corrected chi connectivity index (χ4v) is 2.16. The van der Waals surface area contributed by atoms with E-state index in [2.05, 4.69) is 26.0 Å². The highest BCUT2D eigenvalue weighted by Gasteiger charge is 2.25. The zero-order valence-corrected chi connectivity index (χ0v) is 12.8. The van der Waals surface area contributed by atoms with E-state index in [0.29, 0.717) is 6.61 Å². The first kappa shape index (κ1) is 16.2. The average Bonchev–Trinajstić information content (AvgIpc) is 2.24. The number of ether oxygens (including phenoxy) is 2. The van der Waals surface area contributed by atoms with E-state index < -0.39 is 5.72 Å². The van der Waals surface area contributed by atoms with Crippen molar-refractivity contribution in [3.8, 4) is 0 Å². The number of benzene rings is 1. The lowest BCUT2D eigenvalue weighted by Crippen LogP contribution is -2.41. The van der Waals surface area contributed by atoms with Gasteiger partial charge in [-0.25, -0.2) is 0 Å². The standard InChI is InChI=1S/C16H27NO2/c1-13(19-16(4,5)17)11-15(2,3)18-12-14-9-7-6-8-10-14/h6-10,13H,11-12,17H2,1-5H3. The van der Waals surface area contributed by atoms with Crippen molar-refractivity contribution < 1.29 is 9.47 Å². The van der Waals surface area contributed by atoms with E-state index in [-0.39, 0.29) is 11.7 Å². The monoisotopic (exact) mass is 265 g/mol. The molecule has 0 radical (unpaired) electrons. The van der Waals surface area contributed by atoms with Gasteiger partial charge in [0, 0.05) is 6.42 Å². The lowest BCUT2D eigenvalue weighted by molar-refractivity contribution is -0.109. The van der Waals surface area contributed by atoms with Gasteiger partial charge in [0.15, 0.2) is 0 Å². The van der Waals surface area contributed by atoms with Crippen molar-refractivity contribution in [3.63, 3.8) is 0 Å². The molecule has 3 nitrogen and oxygen atoms in total. The second kappa shape index (κ2) is 6.51. The SMILES string of the molecule is CC(CC(C)(C)OCc1ccccc1)OC(C)(C)N. The first-order valence-electron chi connectivity index (χ1n) is 6.82. The summed E-state index contributed by atoms with van der Waals surface area (Å²) in [5.74, 6) is 0. The highest BCUT2D eigenvalue weighted by atomic mass is 16.5. The van der Waals surface area contributed by atoms with Gasteiger partial charge in [0.25, 0.3) is 0 Å². The summed E-state index contributed by atoms with van der Waals surface area (Å²) in [6.45, 7) is 10.5. The fourth-order valence-electron chi connectivity index (χ4n) is 2.16. The van der Waals surface area contributed by atoms with Crippen LogP contribution in [-0.4, -0.2) is 17.4 Å². The van der Waals surface area contributed by atoms with Crippen LogP contribution >= 0.6 is 0 Å². The van der Waals surface area contributed by atoms with Crippen molar-refractivity contribution in [2.45, 2.75) is 65.1 Å². The second-order valence-corrected chi connectivity index (χ2v) is 6.27. The molecule has 1 atom stereocenters. The minimum atomic E-state index is -0.602. The average molecular weight is 265 g/mol. The van der Waals surface area contributed by atoms with Gasteiger partial charge < -0.3 is 15.2 Å². The molecule has 1 rings (SSSR count). The molecule has 2 N–H and O–H groups in total. The number of hydrogen-bond donors (Lipinski definition) is 1. The zero-order valence-electron chi connectivity index (χ0n) is 12.8. The molecule has 0 amide bonds. The van der Waals surface area contributed by atoms with Crippen LogP contribution in [0.4, 0.5) is 0 Å². The number of rotatable bonds is 7. The summed E-state index contributed by atoms with van der Waals surface area (Å²) in [6.07, 6.45) is 0.867. The van der Waals surface area contributed by atoms with Crippen LogP contribution in [0.2, 0.25) is 0 Å². The van der Waals surface area contributed by atoms with Crippen LogP contribution in [0.15, 0.2) is 30.3 Å². The molecule has 1 aromatic rings. The number of nitrogens with two attached hydrogens (primary N) is 1. The minimum Gasteiger partial charge on any atom is -0.371 e. The smallest absolute Gasteiger partial charge is 0.111 e. The van der Waals surface area contributed by atoms with Crippen LogP contribution in [0, 0.1) is 0 Å².